The summed E-state index contributed by atoms with van der Waals surface area (Å²) in [5.41, 5.74) is -0.446. The molecule has 0 bridgehead atoms. The van der Waals surface area contributed by atoms with Crippen LogP contribution >= 0.6 is 11.6 Å². The van der Waals surface area contributed by atoms with Crippen molar-refractivity contribution in [1.29, 1.82) is 0 Å². The van der Waals surface area contributed by atoms with Gasteiger partial charge in [-0.25, -0.2) is 30.0 Å². The normalized spacial score (nSPS) is 13.0. The predicted octanol–water partition coefficient (Wildman–Crippen LogP) is 5.65. The molecule has 0 saturated heterocycles. The molecule has 0 aliphatic rings. The molecule has 0 radical (unpaired) electrons. The first-order valence-electron chi connectivity index (χ1n) is 10.1. The zero-order chi connectivity index (χ0) is 25.3. The molecule has 0 N–H and O–H groups in total. The molecular formula is C23H21ClF3NO4S2. The van der Waals surface area contributed by atoms with Crippen LogP contribution in [0.3, 0.4) is 0 Å². The van der Waals surface area contributed by atoms with Gasteiger partial charge in [-0.1, -0.05) is 24.6 Å². The molecule has 1 unspecified atom stereocenters. The number of sulfonamides is 1. The van der Waals surface area contributed by atoms with Crippen molar-refractivity contribution in [1.82, 2.24) is 0 Å². The quantitative estimate of drug-likeness (QED) is 0.377. The number of benzene rings is 3. The van der Waals surface area contributed by atoms with Crippen molar-refractivity contribution in [2.45, 2.75) is 30.5 Å². The molecule has 3 aromatic rings. The van der Waals surface area contributed by atoms with Crippen molar-refractivity contribution < 1.29 is 30.0 Å². The van der Waals surface area contributed by atoms with Crippen LogP contribution in [0, 0.1) is 17.5 Å². The van der Waals surface area contributed by atoms with Crippen molar-refractivity contribution >= 4 is 37.1 Å². The zero-order valence-corrected chi connectivity index (χ0v) is 20.6. The largest absolute Gasteiger partial charge is 0.264 e. The highest BCUT2D eigenvalue weighted by atomic mass is 35.5. The van der Waals surface area contributed by atoms with Gasteiger partial charge < -0.3 is 0 Å². The Hall–Kier alpha value is -2.56. The summed E-state index contributed by atoms with van der Waals surface area (Å²) in [6, 6.07) is 9.47. The second-order valence-electron chi connectivity index (χ2n) is 7.55. The number of halogens is 4. The maximum atomic E-state index is 14.8. The van der Waals surface area contributed by atoms with Crippen LogP contribution in [-0.2, 0) is 25.6 Å². The molecule has 0 spiro atoms. The van der Waals surface area contributed by atoms with Gasteiger partial charge in [-0.3, -0.25) is 4.31 Å². The molecule has 0 aromatic heterocycles. The molecule has 3 rings (SSSR count). The molecule has 0 heterocycles. The van der Waals surface area contributed by atoms with Gasteiger partial charge in [-0.05, 0) is 66.6 Å². The topological polar surface area (TPSA) is 71.5 Å². The van der Waals surface area contributed by atoms with E-state index in [0.717, 1.165) is 30.3 Å². The van der Waals surface area contributed by atoms with Crippen molar-refractivity contribution in [3.8, 4) is 0 Å². The number of anilines is 1. The smallest absolute Gasteiger partial charge is 0.256 e. The fourth-order valence-corrected chi connectivity index (χ4v) is 6.18. The molecule has 3 aromatic carbocycles. The second kappa shape index (κ2) is 9.97. The first-order valence-corrected chi connectivity index (χ1v) is 13.7. The van der Waals surface area contributed by atoms with Crippen molar-refractivity contribution in [2.24, 2.45) is 0 Å². The van der Waals surface area contributed by atoms with E-state index in [-0.39, 0.29) is 26.8 Å². The van der Waals surface area contributed by atoms with Crippen LogP contribution in [0.4, 0.5) is 18.9 Å². The SMILES string of the molecule is CCS(=O)(=O)Cc1cc(F)ccc1C(C)N(c1cc(F)ccc1F)S(=O)(=O)c1ccc(Cl)cc1. The lowest BCUT2D eigenvalue weighted by Crippen LogP contribution is -2.35. The van der Waals surface area contributed by atoms with Crippen LogP contribution < -0.4 is 4.31 Å². The minimum atomic E-state index is -4.51. The third-order valence-electron chi connectivity index (χ3n) is 5.24. The Labute approximate surface area is 201 Å². The van der Waals surface area contributed by atoms with Gasteiger partial charge in [0.2, 0.25) is 0 Å². The molecule has 0 aliphatic heterocycles. The number of hydrogen-bond donors (Lipinski definition) is 0. The van der Waals surface area contributed by atoms with Gasteiger partial charge in [-0.2, -0.15) is 0 Å². The average Bonchev–Trinajstić information content (AvgIpc) is 2.76. The van der Waals surface area contributed by atoms with E-state index < -0.39 is 54.8 Å². The maximum absolute atomic E-state index is 14.8. The van der Waals surface area contributed by atoms with E-state index in [4.69, 9.17) is 11.6 Å². The van der Waals surface area contributed by atoms with Crippen LogP contribution in [0.25, 0.3) is 0 Å². The lowest BCUT2D eigenvalue weighted by molar-refractivity contribution is 0.569. The van der Waals surface area contributed by atoms with Crippen LogP contribution in [-0.4, -0.2) is 22.6 Å². The first-order chi connectivity index (χ1) is 15.9. The minimum absolute atomic E-state index is 0.0162. The molecule has 11 heteroatoms. The predicted molar refractivity (Wildman–Crippen MR) is 125 cm³/mol. The highest BCUT2D eigenvalue weighted by Crippen LogP contribution is 2.37. The molecule has 0 aliphatic carbocycles. The number of sulfone groups is 1. The standard InChI is InChI=1S/C23H21ClF3NO4S2/c1-3-33(29,30)14-16-12-18(25)6-10-21(16)15(2)28(23-13-19(26)7-11-22(23)27)34(31,32)20-8-4-17(24)5-9-20/h4-13,15H,3,14H2,1-2H3. The highest BCUT2D eigenvalue weighted by Gasteiger charge is 2.34. The Morgan fingerprint density at radius 3 is 2.09 bits per heavy atom. The molecular weight excluding hydrogens is 511 g/mol. The molecule has 0 saturated carbocycles. The Morgan fingerprint density at radius 1 is 0.882 bits per heavy atom. The first kappa shape index (κ1) is 26.1. The van der Waals surface area contributed by atoms with Crippen LogP contribution in [0.5, 0.6) is 0 Å². The number of hydrogen-bond acceptors (Lipinski definition) is 4. The van der Waals surface area contributed by atoms with Gasteiger partial charge in [0.1, 0.15) is 17.5 Å². The van der Waals surface area contributed by atoms with Crippen LogP contribution in [0.1, 0.15) is 31.0 Å². The highest BCUT2D eigenvalue weighted by molar-refractivity contribution is 7.92. The average molecular weight is 532 g/mol. The van der Waals surface area contributed by atoms with Crippen molar-refractivity contribution in [2.75, 3.05) is 10.1 Å². The Kier molecular flexibility index (Phi) is 7.64. The van der Waals surface area contributed by atoms with Gasteiger partial charge >= 0.3 is 0 Å². The Morgan fingerprint density at radius 2 is 1.47 bits per heavy atom. The van der Waals surface area contributed by atoms with E-state index in [9.17, 15) is 30.0 Å². The fraction of sp³-hybridized carbons (Fsp3) is 0.217. The summed E-state index contributed by atoms with van der Waals surface area (Å²) < 4.78 is 95.4. The van der Waals surface area contributed by atoms with Gasteiger partial charge in [-0.15, -0.1) is 0 Å². The summed E-state index contributed by atoms with van der Waals surface area (Å²) in [5, 5.41) is 0.265. The van der Waals surface area contributed by atoms with E-state index in [2.05, 4.69) is 0 Å². The summed E-state index contributed by atoms with van der Waals surface area (Å²) in [6.45, 7) is 2.81. The molecule has 0 amide bonds. The number of rotatable bonds is 8. The summed E-state index contributed by atoms with van der Waals surface area (Å²) in [7, 11) is -8.14. The van der Waals surface area contributed by atoms with Gasteiger partial charge in [0, 0.05) is 16.8 Å². The van der Waals surface area contributed by atoms with Crippen molar-refractivity contribution in [3.05, 3.63) is 94.3 Å². The van der Waals surface area contributed by atoms with E-state index in [0.29, 0.717) is 4.31 Å². The summed E-state index contributed by atoms with van der Waals surface area (Å²) in [6.07, 6.45) is 0. The van der Waals surface area contributed by atoms with Crippen LogP contribution in [0.2, 0.25) is 5.02 Å². The van der Waals surface area contributed by atoms with Crippen LogP contribution in [0.15, 0.2) is 65.6 Å². The monoisotopic (exact) mass is 531 g/mol. The van der Waals surface area contributed by atoms with Gasteiger partial charge in [0.15, 0.2) is 9.84 Å². The third-order valence-corrected chi connectivity index (χ3v) is 9.02. The van der Waals surface area contributed by atoms with Gasteiger partial charge in [0.25, 0.3) is 10.0 Å². The summed E-state index contributed by atoms with van der Waals surface area (Å²) in [4.78, 5) is -0.253. The van der Waals surface area contributed by atoms with E-state index >= 15 is 0 Å². The molecule has 34 heavy (non-hydrogen) atoms. The van der Waals surface area contributed by atoms with Gasteiger partial charge in [0.05, 0.1) is 22.4 Å². The second-order valence-corrected chi connectivity index (χ2v) is 12.2. The van der Waals surface area contributed by atoms with E-state index in [1.54, 1.807) is 0 Å². The summed E-state index contributed by atoms with van der Waals surface area (Å²) in [5.74, 6) is -3.39. The molecule has 1 atom stereocenters. The number of nitrogens with zero attached hydrogens (tertiary/aromatic N) is 1. The van der Waals surface area contributed by atoms with E-state index in [1.807, 2.05) is 0 Å². The maximum Gasteiger partial charge on any atom is 0.264 e. The molecule has 0 fully saturated rings. The Balaban J connectivity index is 2.26. The summed E-state index contributed by atoms with van der Waals surface area (Å²) >= 11 is 5.86. The van der Waals surface area contributed by atoms with E-state index in [1.165, 1.54) is 44.2 Å². The zero-order valence-electron chi connectivity index (χ0n) is 18.2. The lowest BCUT2D eigenvalue weighted by Gasteiger charge is -2.32. The third kappa shape index (κ3) is 5.56. The molecule has 5 nitrogen and oxygen atoms in total. The lowest BCUT2D eigenvalue weighted by atomic mass is 10.0. The van der Waals surface area contributed by atoms with Crippen molar-refractivity contribution in [3.63, 3.8) is 0 Å². The molecule has 182 valence electrons. The fourth-order valence-electron chi connectivity index (χ4n) is 3.49. The Bertz CT molecular complexity index is 1410. The minimum Gasteiger partial charge on any atom is -0.256 e.